The summed E-state index contributed by atoms with van der Waals surface area (Å²) < 4.78 is 1.15. The average molecular weight is 311 g/mol. The molecule has 2 nitrogen and oxygen atoms in total. The van der Waals surface area contributed by atoms with E-state index in [9.17, 15) is 0 Å². The van der Waals surface area contributed by atoms with Crippen LogP contribution in [0.3, 0.4) is 0 Å². The van der Waals surface area contributed by atoms with E-state index in [1.807, 2.05) is 0 Å². The highest BCUT2D eigenvalue weighted by molar-refractivity contribution is 9.10. The van der Waals surface area contributed by atoms with Crippen molar-refractivity contribution in [2.75, 3.05) is 13.1 Å². The van der Waals surface area contributed by atoms with Crippen molar-refractivity contribution in [2.45, 2.75) is 38.1 Å². The lowest BCUT2D eigenvalue weighted by atomic mass is 9.80. The van der Waals surface area contributed by atoms with Gasteiger partial charge in [0.05, 0.1) is 0 Å². The quantitative estimate of drug-likeness (QED) is 0.877. The van der Waals surface area contributed by atoms with E-state index in [0.29, 0.717) is 6.04 Å². The van der Waals surface area contributed by atoms with Crippen molar-refractivity contribution >= 4 is 15.9 Å². The lowest BCUT2D eigenvalue weighted by Crippen LogP contribution is -2.43. The van der Waals surface area contributed by atoms with Crippen molar-refractivity contribution in [3.05, 3.63) is 34.3 Å². The highest BCUT2D eigenvalue weighted by Gasteiger charge is 2.26. The molecule has 2 rings (SSSR count). The Morgan fingerprint density at radius 1 is 1.39 bits per heavy atom. The van der Waals surface area contributed by atoms with Gasteiger partial charge < -0.3 is 11.1 Å². The fourth-order valence-electron chi connectivity index (χ4n) is 2.55. The summed E-state index contributed by atoms with van der Waals surface area (Å²) in [6.07, 6.45) is 2.37. The first-order chi connectivity index (χ1) is 8.47. The van der Waals surface area contributed by atoms with E-state index >= 15 is 0 Å². The van der Waals surface area contributed by atoms with E-state index in [4.69, 9.17) is 5.73 Å². The Kier molecular flexibility index (Phi) is 4.46. The molecule has 0 aliphatic heterocycles. The predicted molar refractivity (Wildman–Crippen MR) is 80.7 cm³/mol. The van der Waals surface area contributed by atoms with Crippen molar-refractivity contribution < 1.29 is 0 Å². The number of hydrogen-bond acceptors (Lipinski definition) is 2. The molecule has 0 unspecified atom stereocenters. The first-order valence-corrected chi connectivity index (χ1v) is 7.49. The number of rotatable bonds is 5. The van der Waals surface area contributed by atoms with E-state index in [1.54, 1.807) is 0 Å². The van der Waals surface area contributed by atoms with Crippen LogP contribution in [0.4, 0.5) is 0 Å². The van der Waals surface area contributed by atoms with Crippen LogP contribution < -0.4 is 11.1 Å². The lowest BCUT2D eigenvalue weighted by molar-refractivity contribution is 0.251. The first-order valence-electron chi connectivity index (χ1n) is 6.70. The summed E-state index contributed by atoms with van der Waals surface area (Å²) in [5.74, 6) is 0.790. The summed E-state index contributed by atoms with van der Waals surface area (Å²) in [5.41, 5.74) is 7.33. The van der Waals surface area contributed by atoms with Crippen LogP contribution in [0, 0.1) is 5.92 Å². The first kappa shape index (κ1) is 14.0. The molecule has 100 valence electrons. The van der Waals surface area contributed by atoms with Crippen molar-refractivity contribution in [2.24, 2.45) is 11.7 Å². The molecule has 0 amide bonds. The molecule has 18 heavy (non-hydrogen) atoms. The SMILES string of the molecule is CC(C)(CNCC1CC(N)C1)c1cccc(Br)c1. The van der Waals surface area contributed by atoms with Crippen LogP contribution in [0.25, 0.3) is 0 Å². The van der Waals surface area contributed by atoms with E-state index < -0.39 is 0 Å². The maximum Gasteiger partial charge on any atom is 0.0178 e. The third kappa shape index (κ3) is 3.56. The Morgan fingerprint density at radius 3 is 2.72 bits per heavy atom. The highest BCUT2D eigenvalue weighted by Crippen LogP contribution is 2.27. The highest BCUT2D eigenvalue weighted by atomic mass is 79.9. The fraction of sp³-hybridized carbons (Fsp3) is 0.600. The van der Waals surface area contributed by atoms with Crippen LogP contribution >= 0.6 is 15.9 Å². The van der Waals surface area contributed by atoms with Crippen molar-refractivity contribution in [3.63, 3.8) is 0 Å². The minimum atomic E-state index is 0.162. The Morgan fingerprint density at radius 2 is 2.11 bits per heavy atom. The van der Waals surface area contributed by atoms with Crippen molar-refractivity contribution in [1.82, 2.24) is 5.32 Å². The van der Waals surface area contributed by atoms with Crippen LogP contribution in [0.15, 0.2) is 28.7 Å². The van der Waals surface area contributed by atoms with Crippen LogP contribution in [0.1, 0.15) is 32.3 Å². The zero-order valence-corrected chi connectivity index (χ0v) is 12.8. The zero-order chi connectivity index (χ0) is 13.2. The largest absolute Gasteiger partial charge is 0.328 e. The second kappa shape index (κ2) is 5.72. The smallest absolute Gasteiger partial charge is 0.0178 e. The second-order valence-corrected chi connectivity index (χ2v) is 7.04. The normalized spacial score (nSPS) is 23.8. The fourth-order valence-corrected chi connectivity index (χ4v) is 2.95. The minimum absolute atomic E-state index is 0.162. The molecular formula is C15H23BrN2. The number of nitrogens with one attached hydrogen (secondary N) is 1. The van der Waals surface area contributed by atoms with Gasteiger partial charge in [-0.15, -0.1) is 0 Å². The number of nitrogens with two attached hydrogens (primary N) is 1. The van der Waals surface area contributed by atoms with Gasteiger partial charge in [-0.2, -0.15) is 0 Å². The molecule has 3 heteroatoms. The number of benzene rings is 1. The Bertz CT molecular complexity index is 397. The summed E-state index contributed by atoms with van der Waals surface area (Å²) in [7, 11) is 0. The number of hydrogen-bond donors (Lipinski definition) is 2. The topological polar surface area (TPSA) is 38.0 Å². The molecule has 0 aromatic heterocycles. The van der Waals surface area contributed by atoms with Gasteiger partial charge in [-0.1, -0.05) is 41.9 Å². The van der Waals surface area contributed by atoms with Crippen LogP contribution in [-0.4, -0.2) is 19.1 Å². The molecule has 0 heterocycles. The van der Waals surface area contributed by atoms with Gasteiger partial charge >= 0.3 is 0 Å². The zero-order valence-electron chi connectivity index (χ0n) is 11.2. The maximum atomic E-state index is 5.80. The molecule has 1 saturated carbocycles. The molecule has 1 aliphatic rings. The second-order valence-electron chi connectivity index (χ2n) is 6.12. The van der Waals surface area contributed by atoms with Gasteiger partial charge in [0.15, 0.2) is 0 Å². The number of halogens is 1. The van der Waals surface area contributed by atoms with Gasteiger partial charge in [-0.25, -0.2) is 0 Å². The third-order valence-electron chi connectivity index (χ3n) is 3.88. The van der Waals surface area contributed by atoms with Gasteiger partial charge in [-0.05, 0) is 43.0 Å². The Balaban J connectivity index is 1.83. The van der Waals surface area contributed by atoms with Gasteiger partial charge in [0, 0.05) is 22.5 Å². The van der Waals surface area contributed by atoms with Crippen LogP contribution in [0.2, 0.25) is 0 Å². The molecule has 1 aliphatic carbocycles. The van der Waals surface area contributed by atoms with E-state index in [2.05, 4.69) is 59.4 Å². The summed E-state index contributed by atoms with van der Waals surface area (Å²) in [6, 6.07) is 9.04. The maximum absolute atomic E-state index is 5.80. The lowest BCUT2D eigenvalue weighted by Gasteiger charge is -2.34. The van der Waals surface area contributed by atoms with E-state index in [-0.39, 0.29) is 5.41 Å². The summed E-state index contributed by atoms with van der Waals surface area (Å²) in [6.45, 7) is 6.68. The minimum Gasteiger partial charge on any atom is -0.328 e. The predicted octanol–water partition coefficient (Wildman–Crippen LogP) is 3.05. The summed E-state index contributed by atoms with van der Waals surface area (Å²) in [4.78, 5) is 0. The van der Waals surface area contributed by atoms with Crippen molar-refractivity contribution in [3.8, 4) is 0 Å². The molecular weight excluding hydrogens is 288 g/mol. The molecule has 0 saturated heterocycles. The van der Waals surface area contributed by atoms with Crippen LogP contribution in [-0.2, 0) is 5.41 Å². The van der Waals surface area contributed by atoms with Gasteiger partial charge in [-0.3, -0.25) is 0 Å². The average Bonchev–Trinajstić information content (AvgIpc) is 2.26. The van der Waals surface area contributed by atoms with Crippen molar-refractivity contribution in [1.29, 1.82) is 0 Å². The van der Waals surface area contributed by atoms with Crippen LogP contribution in [0.5, 0.6) is 0 Å². The molecule has 1 aromatic carbocycles. The third-order valence-corrected chi connectivity index (χ3v) is 4.37. The van der Waals surface area contributed by atoms with E-state index in [0.717, 1.165) is 23.5 Å². The Hall–Kier alpha value is -0.380. The van der Waals surface area contributed by atoms with E-state index in [1.165, 1.54) is 18.4 Å². The van der Waals surface area contributed by atoms with Gasteiger partial charge in [0.1, 0.15) is 0 Å². The molecule has 0 bridgehead atoms. The monoisotopic (exact) mass is 310 g/mol. The standard InChI is InChI=1S/C15H23BrN2/c1-15(2,12-4-3-5-13(16)8-12)10-18-9-11-6-14(17)7-11/h3-5,8,11,14,18H,6-7,9-10,17H2,1-2H3. The summed E-state index contributed by atoms with van der Waals surface area (Å²) in [5, 5.41) is 3.60. The molecule has 0 spiro atoms. The molecule has 1 aromatic rings. The molecule has 1 fully saturated rings. The molecule has 0 atom stereocenters. The molecule has 0 radical (unpaired) electrons. The van der Waals surface area contributed by atoms with Gasteiger partial charge in [0.25, 0.3) is 0 Å². The van der Waals surface area contributed by atoms with Gasteiger partial charge in [0.2, 0.25) is 0 Å². The molecule has 3 N–H and O–H groups in total. The Labute approximate surface area is 118 Å². The summed E-state index contributed by atoms with van der Waals surface area (Å²) >= 11 is 3.54.